The molecule has 1 aliphatic heterocycles. The number of benzene rings is 2. The molecule has 1 aliphatic rings. The van der Waals surface area contributed by atoms with Crippen LogP contribution in [0, 0.1) is 0 Å². The molecule has 0 spiro atoms. The van der Waals surface area contributed by atoms with Gasteiger partial charge in [-0.2, -0.15) is 13.2 Å². The molecule has 3 aromatic rings. The van der Waals surface area contributed by atoms with Crippen LogP contribution in [0.3, 0.4) is 0 Å². The minimum Gasteiger partial charge on any atom is -0.378 e. The zero-order chi connectivity index (χ0) is 19.7. The van der Waals surface area contributed by atoms with E-state index in [1.807, 2.05) is 4.90 Å². The average molecular weight is 387 g/mol. The highest BCUT2D eigenvalue weighted by atomic mass is 19.4. The molecule has 0 unspecified atom stereocenters. The molecule has 0 aliphatic carbocycles. The van der Waals surface area contributed by atoms with Crippen LogP contribution in [0.1, 0.15) is 21.6 Å². The Morgan fingerprint density at radius 3 is 2.36 bits per heavy atom. The fourth-order valence-corrected chi connectivity index (χ4v) is 3.10. The Labute approximate surface area is 158 Å². The highest BCUT2D eigenvalue weighted by Crippen LogP contribution is 2.32. The molecule has 144 valence electrons. The van der Waals surface area contributed by atoms with Crippen LogP contribution in [-0.4, -0.2) is 42.1 Å². The summed E-state index contributed by atoms with van der Waals surface area (Å²) < 4.78 is 44.6. The predicted octanol–water partition coefficient (Wildman–Crippen LogP) is 3.72. The van der Waals surface area contributed by atoms with E-state index < -0.39 is 11.7 Å². The van der Waals surface area contributed by atoms with Gasteiger partial charge >= 0.3 is 6.18 Å². The first-order valence-electron chi connectivity index (χ1n) is 8.75. The number of anilines is 1. The lowest BCUT2D eigenvalue weighted by Gasteiger charge is -2.29. The van der Waals surface area contributed by atoms with Gasteiger partial charge in [0.25, 0.3) is 0 Å². The highest BCUT2D eigenvalue weighted by Gasteiger charge is 2.31. The van der Waals surface area contributed by atoms with E-state index in [-0.39, 0.29) is 17.0 Å². The Balaban J connectivity index is 1.88. The molecule has 8 heteroatoms. The quantitative estimate of drug-likeness (QED) is 0.642. The normalized spacial score (nSPS) is 15.0. The molecule has 1 saturated heterocycles. The molecule has 28 heavy (non-hydrogen) atoms. The molecule has 0 radical (unpaired) electrons. The number of hydrogen-bond acceptors (Lipinski definition) is 5. The molecule has 0 bridgehead atoms. The lowest BCUT2D eigenvalue weighted by Crippen LogP contribution is -2.38. The number of alkyl halides is 3. The molecular formula is C20H16F3N3O2. The standard InChI is InChI=1S/C20H16F3N3O2/c21-20(22,23)14-6-7-15-16(12-14)24-17(18(27)13-4-2-1-3-5-13)19(25-15)26-8-10-28-11-9-26/h1-7,12H,8-11H2. The molecule has 0 amide bonds. The highest BCUT2D eigenvalue weighted by molar-refractivity contribution is 6.11. The summed E-state index contributed by atoms with van der Waals surface area (Å²) >= 11 is 0. The van der Waals surface area contributed by atoms with Crippen LogP contribution in [-0.2, 0) is 10.9 Å². The molecule has 2 heterocycles. The summed E-state index contributed by atoms with van der Waals surface area (Å²) in [6, 6.07) is 11.7. The molecule has 4 rings (SSSR count). The zero-order valence-electron chi connectivity index (χ0n) is 14.7. The number of morpholine rings is 1. The summed E-state index contributed by atoms with van der Waals surface area (Å²) in [7, 11) is 0. The van der Waals surface area contributed by atoms with Crippen LogP contribution in [0.2, 0.25) is 0 Å². The van der Waals surface area contributed by atoms with Crippen molar-refractivity contribution in [1.29, 1.82) is 0 Å². The van der Waals surface area contributed by atoms with Crippen molar-refractivity contribution in [3.63, 3.8) is 0 Å². The minimum atomic E-state index is -4.50. The number of aromatic nitrogens is 2. The Morgan fingerprint density at radius 2 is 1.68 bits per heavy atom. The Kier molecular flexibility index (Phi) is 4.72. The third-order valence-corrected chi connectivity index (χ3v) is 4.53. The first kappa shape index (κ1) is 18.4. The van der Waals surface area contributed by atoms with E-state index >= 15 is 0 Å². The molecule has 0 N–H and O–H groups in total. The van der Waals surface area contributed by atoms with Gasteiger partial charge in [-0.3, -0.25) is 4.79 Å². The lowest BCUT2D eigenvalue weighted by atomic mass is 10.1. The fourth-order valence-electron chi connectivity index (χ4n) is 3.10. The largest absolute Gasteiger partial charge is 0.416 e. The predicted molar refractivity (Wildman–Crippen MR) is 97.4 cm³/mol. The molecule has 0 atom stereocenters. The van der Waals surface area contributed by atoms with Gasteiger partial charge in [0.15, 0.2) is 11.5 Å². The van der Waals surface area contributed by atoms with Crippen molar-refractivity contribution in [3.8, 4) is 0 Å². The smallest absolute Gasteiger partial charge is 0.378 e. The number of ketones is 1. The Morgan fingerprint density at radius 1 is 0.964 bits per heavy atom. The topological polar surface area (TPSA) is 55.3 Å². The number of nitrogens with zero attached hydrogens (tertiary/aromatic N) is 3. The van der Waals surface area contributed by atoms with Crippen molar-refractivity contribution in [3.05, 3.63) is 65.4 Å². The maximum Gasteiger partial charge on any atom is 0.416 e. The number of carbonyl (C=O) groups is 1. The third-order valence-electron chi connectivity index (χ3n) is 4.53. The number of hydrogen-bond donors (Lipinski definition) is 0. The van der Waals surface area contributed by atoms with Gasteiger partial charge < -0.3 is 9.64 Å². The minimum absolute atomic E-state index is 0.0334. The SMILES string of the molecule is O=C(c1ccccc1)c1nc2cc(C(F)(F)F)ccc2nc1N1CCOCC1. The number of ether oxygens (including phenoxy) is 1. The van der Waals surface area contributed by atoms with E-state index in [4.69, 9.17) is 4.74 Å². The first-order valence-corrected chi connectivity index (χ1v) is 8.75. The monoisotopic (exact) mass is 387 g/mol. The van der Waals surface area contributed by atoms with Gasteiger partial charge in [-0.15, -0.1) is 0 Å². The summed E-state index contributed by atoms with van der Waals surface area (Å²) in [5.41, 5.74) is -0.0469. The van der Waals surface area contributed by atoms with E-state index in [1.165, 1.54) is 6.07 Å². The van der Waals surface area contributed by atoms with E-state index in [9.17, 15) is 18.0 Å². The van der Waals surface area contributed by atoms with Gasteiger partial charge in [-0.1, -0.05) is 30.3 Å². The van der Waals surface area contributed by atoms with Crippen molar-refractivity contribution in [2.24, 2.45) is 0 Å². The van der Waals surface area contributed by atoms with Crippen molar-refractivity contribution >= 4 is 22.6 Å². The van der Waals surface area contributed by atoms with Gasteiger partial charge in [-0.05, 0) is 18.2 Å². The summed E-state index contributed by atoms with van der Waals surface area (Å²) in [4.78, 5) is 23.7. The van der Waals surface area contributed by atoms with Gasteiger partial charge in [-0.25, -0.2) is 9.97 Å². The van der Waals surface area contributed by atoms with Crippen molar-refractivity contribution in [2.45, 2.75) is 6.18 Å². The summed E-state index contributed by atoms with van der Waals surface area (Å²) in [6.07, 6.45) is -4.50. The number of fused-ring (bicyclic) bond motifs is 1. The van der Waals surface area contributed by atoms with E-state index in [0.29, 0.717) is 43.2 Å². The summed E-state index contributed by atoms with van der Waals surface area (Å²) in [6.45, 7) is 2.00. The Bertz CT molecular complexity index is 1020. The first-order chi connectivity index (χ1) is 13.4. The lowest BCUT2D eigenvalue weighted by molar-refractivity contribution is -0.137. The molecular weight excluding hydrogens is 371 g/mol. The van der Waals surface area contributed by atoms with Gasteiger partial charge in [0, 0.05) is 18.7 Å². The fraction of sp³-hybridized carbons (Fsp3) is 0.250. The summed E-state index contributed by atoms with van der Waals surface area (Å²) in [5.74, 6) is -0.0154. The Hall–Kier alpha value is -3.00. The van der Waals surface area contributed by atoms with Crippen LogP contribution in [0.15, 0.2) is 48.5 Å². The maximum absolute atomic E-state index is 13.1. The van der Waals surface area contributed by atoms with Crippen LogP contribution >= 0.6 is 0 Å². The molecule has 5 nitrogen and oxygen atoms in total. The van der Waals surface area contributed by atoms with Gasteiger partial charge in [0.1, 0.15) is 0 Å². The van der Waals surface area contributed by atoms with Crippen molar-refractivity contribution in [2.75, 3.05) is 31.2 Å². The van der Waals surface area contributed by atoms with E-state index in [2.05, 4.69) is 9.97 Å². The van der Waals surface area contributed by atoms with E-state index in [0.717, 1.165) is 12.1 Å². The number of halogens is 3. The second-order valence-electron chi connectivity index (χ2n) is 6.39. The molecule has 0 saturated carbocycles. The third kappa shape index (κ3) is 3.55. The average Bonchev–Trinajstić information content (AvgIpc) is 2.72. The molecule has 1 aromatic heterocycles. The molecule has 2 aromatic carbocycles. The maximum atomic E-state index is 13.1. The van der Waals surface area contributed by atoms with Crippen LogP contribution < -0.4 is 4.90 Å². The zero-order valence-corrected chi connectivity index (χ0v) is 14.7. The van der Waals surface area contributed by atoms with Crippen LogP contribution in [0.5, 0.6) is 0 Å². The summed E-state index contributed by atoms with van der Waals surface area (Å²) in [5, 5.41) is 0. The molecule has 1 fully saturated rings. The number of rotatable bonds is 3. The second kappa shape index (κ2) is 7.20. The van der Waals surface area contributed by atoms with Crippen LogP contribution in [0.4, 0.5) is 19.0 Å². The van der Waals surface area contributed by atoms with Crippen molar-refractivity contribution in [1.82, 2.24) is 9.97 Å². The van der Waals surface area contributed by atoms with Crippen LogP contribution in [0.25, 0.3) is 11.0 Å². The number of carbonyl (C=O) groups excluding carboxylic acids is 1. The van der Waals surface area contributed by atoms with Gasteiger partial charge in [0.05, 0.1) is 29.8 Å². The van der Waals surface area contributed by atoms with E-state index in [1.54, 1.807) is 30.3 Å². The second-order valence-corrected chi connectivity index (χ2v) is 6.39. The van der Waals surface area contributed by atoms with Crippen molar-refractivity contribution < 1.29 is 22.7 Å². The van der Waals surface area contributed by atoms with Gasteiger partial charge in [0.2, 0.25) is 5.78 Å².